The van der Waals surface area contributed by atoms with Crippen molar-refractivity contribution in [2.75, 3.05) is 19.0 Å². The zero-order valence-electron chi connectivity index (χ0n) is 11.6. The fourth-order valence-corrected chi connectivity index (χ4v) is 2.98. The number of ether oxygens (including phenoxy) is 1. The minimum Gasteiger partial charge on any atom is -0.493 e. The van der Waals surface area contributed by atoms with Gasteiger partial charge in [0.15, 0.2) is 0 Å². The van der Waals surface area contributed by atoms with Crippen LogP contribution in [0, 0.1) is 0 Å². The number of fused-ring (bicyclic) bond motifs is 1. The summed E-state index contributed by atoms with van der Waals surface area (Å²) in [7, 11) is 0. The van der Waals surface area contributed by atoms with E-state index in [0.717, 1.165) is 55.7 Å². The van der Waals surface area contributed by atoms with Crippen LogP contribution in [0.3, 0.4) is 0 Å². The first-order chi connectivity index (χ1) is 9.79. The highest BCUT2D eigenvalue weighted by Crippen LogP contribution is 2.29. The van der Waals surface area contributed by atoms with Gasteiger partial charge < -0.3 is 9.64 Å². The predicted octanol–water partition coefficient (Wildman–Crippen LogP) is 3.25. The van der Waals surface area contributed by atoms with Gasteiger partial charge in [-0.25, -0.2) is 0 Å². The molecule has 1 saturated carbocycles. The molecule has 1 aromatic carbocycles. The maximum absolute atomic E-state index is 12.7. The maximum atomic E-state index is 12.7. The SMILES string of the molecule is O=C(c1ccc2c(c1)CCO2)N(CCCCl)C1CCC1. The number of alkyl halides is 1. The Labute approximate surface area is 124 Å². The minimum atomic E-state index is 0.148. The summed E-state index contributed by atoms with van der Waals surface area (Å²) in [5.41, 5.74) is 1.94. The molecule has 3 rings (SSSR count). The number of amides is 1. The smallest absolute Gasteiger partial charge is 0.254 e. The molecule has 108 valence electrons. The van der Waals surface area contributed by atoms with Crippen LogP contribution in [0.5, 0.6) is 5.75 Å². The van der Waals surface area contributed by atoms with Crippen molar-refractivity contribution in [3.8, 4) is 5.75 Å². The third-order valence-corrected chi connectivity index (χ3v) is 4.51. The van der Waals surface area contributed by atoms with Crippen LogP contribution in [0.15, 0.2) is 18.2 Å². The number of rotatable bonds is 5. The number of hydrogen-bond acceptors (Lipinski definition) is 2. The molecule has 0 aromatic heterocycles. The van der Waals surface area contributed by atoms with Gasteiger partial charge in [-0.15, -0.1) is 11.6 Å². The number of halogens is 1. The molecule has 1 aliphatic heterocycles. The van der Waals surface area contributed by atoms with E-state index in [9.17, 15) is 4.79 Å². The second-order valence-electron chi connectivity index (χ2n) is 5.55. The monoisotopic (exact) mass is 293 g/mol. The van der Waals surface area contributed by atoms with Crippen LogP contribution in [0.4, 0.5) is 0 Å². The summed E-state index contributed by atoms with van der Waals surface area (Å²) in [5, 5.41) is 0. The highest BCUT2D eigenvalue weighted by Gasteiger charge is 2.29. The topological polar surface area (TPSA) is 29.5 Å². The molecule has 1 amide bonds. The molecule has 0 bridgehead atoms. The van der Waals surface area contributed by atoms with Gasteiger partial charge in [0.1, 0.15) is 5.75 Å². The van der Waals surface area contributed by atoms with E-state index in [0.29, 0.717) is 11.9 Å². The van der Waals surface area contributed by atoms with E-state index in [1.165, 1.54) is 6.42 Å². The summed E-state index contributed by atoms with van der Waals surface area (Å²) < 4.78 is 5.50. The summed E-state index contributed by atoms with van der Waals surface area (Å²) in [6.07, 6.45) is 5.25. The maximum Gasteiger partial charge on any atom is 0.254 e. The Bertz CT molecular complexity index is 499. The molecule has 0 radical (unpaired) electrons. The van der Waals surface area contributed by atoms with Crippen LogP contribution in [-0.2, 0) is 6.42 Å². The van der Waals surface area contributed by atoms with Crippen LogP contribution >= 0.6 is 11.6 Å². The average Bonchev–Trinajstić information content (AvgIpc) is 2.87. The van der Waals surface area contributed by atoms with Crippen molar-refractivity contribution in [3.63, 3.8) is 0 Å². The third kappa shape index (κ3) is 2.64. The predicted molar refractivity (Wildman–Crippen MR) is 79.7 cm³/mol. The summed E-state index contributed by atoms with van der Waals surface area (Å²) in [5.74, 6) is 1.68. The zero-order valence-corrected chi connectivity index (χ0v) is 12.4. The van der Waals surface area contributed by atoms with E-state index < -0.39 is 0 Å². The summed E-state index contributed by atoms with van der Waals surface area (Å²) >= 11 is 5.78. The van der Waals surface area contributed by atoms with Crippen molar-refractivity contribution in [2.24, 2.45) is 0 Å². The van der Waals surface area contributed by atoms with E-state index in [2.05, 4.69) is 0 Å². The van der Waals surface area contributed by atoms with E-state index in [1.54, 1.807) is 0 Å². The number of nitrogens with zero attached hydrogens (tertiary/aromatic N) is 1. The highest BCUT2D eigenvalue weighted by molar-refractivity contribution is 6.17. The van der Waals surface area contributed by atoms with Gasteiger partial charge in [-0.05, 0) is 49.4 Å². The van der Waals surface area contributed by atoms with Gasteiger partial charge in [-0.3, -0.25) is 4.79 Å². The molecular formula is C16H20ClNO2. The Morgan fingerprint density at radius 2 is 2.25 bits per heavy atom. The lowest BCUT2D eigenvalue weighted by atomic mass is 9.90. The van der Waals surface area contributed by atoms with Gasteiger partial charge >= 0.3 is 0 Å². The lowest BCUT2D eigenvalue weighted by Gasteiger charge is -2.37. The first-order valence-corrected chi connectivity index (χ1v) is 7.95. The van der Waals surface area contributed by atoms with Gasteiger partial charge in [-0.2, -0.15) is 0 Å². The molecule has 1 heterocycles. The first kappa shape index (κ1) is 13.7. The Morgan fingerprint density at radius 3 is 2.95 bits per heavy atom. The second kappa shape index (κ2) is 6.04. The molecule has 1 aliphatic carbocycles. The van der Waals surface area contributed by atoms with Crippen LogP contribution in [0.2, 0.25) is 0 Å². The fraction of sp³-hybridized carbons (Fsp3) is 0.562. The standard InChI is InChI=1S/C16H20ClNO2/c17-8-2-9-18(14-3-1-4-14)16(19)13-5-6-15-12(11-13)7-10-20-15/h5-6,11,14H,1-4,7-10H2. The normalized spacial score (nSPS) is 17.2. The number of carbonyl (C=O) groups is 1. The molecule has 0 atom stereocenters. The van der Waals surface area contributed by atoms with Crippen molar-refractivity contribution in [1.82, 2.24) is 4.90 Å². The molecule has 0 spiro atoms. The van der Waals surface area contributed by atoms with Crippen molar-refractivity contribution in [2.45, 2.75) is 38.1 Å². The van der Waals surface area contributed by atoms with E-state index >= 15 is 0 Å². The molecule has 2 aliphatic rings. The molecule has 1 aromatic rings. The largest absolute Gasteiger partial charge is 0.493 e. The lowest BCUT2D eigenvalue weighted by molar-refractivity contribution is 0.0580. The van der Waals surface area contributed by atoms with Crippen molar-refractivity contribution in [3.05, 3.63) is 29.3 Å². The molecular weight excluding hydrogens is 274 g/mol. The zero-order chi connectivity index (χ0) is 13.9. The first-order valence-electron chi connectivity index (χ1n) is 7.42. The summed E-state index contributed by atoms with van der Waals surface area (Å²) in [4.78, 5) is 14.7. The molecule has 20 heavy (non-hydrogen) atoms. The quantitative estimate of drug-likeness (QED) is 0.780. The average molecular weight is 294 g/mol. The van der Waals surface area contributed by atoms with Crippen LogP contribution in [-0.4, -0.2) is 35.9 Å². The van der Waals surface area contributed by atoms with Crippen LogP contribution in [0.1, 0.15) is 41.6 Å². The second-order valence-corrected chi connectivity index (χ2v) is 5.92. The van der Waals surface area contributed by atoms with Gasteiger partial charge in [0.2, 0.25) is 0 Å². The van der Waals surface area contributed by atoms with E-state index in [1.807, 2.05) is 23.1 Å². The molecule has 0 N–H and O–H groups in total. The summed E-state index contributed by atoms with van der Waals surface area (Å²) in [6, 6.07) is 6.22. The van der Waals surface area contributed by atoms with Crippen molar-refractivity contribution >= 4 is 17.5 Å². The Kier molecular flexibility index (Phi) is 4.16. The Balaban J connectivity index is 1.77. The third-order valence-electron chi connectivity index (χ3n) is 4.25. The minimum absolute atomic E-state index is 0.148. The Hall–Kier alpha value is -1.22. The van der Waals surface area contributed by atoms with E-state index in [4.69, 9.17) is 16.3 Å². The van der Waals surface area contributed by atoms with E-state index in [-0.39, 0.29) is 5.91 Å². The molecule has 1 fully saturated rings. The van der Waals surface area contributed by atoms with Gasteiger partial charge in [0, 0.05) is 30.5 Å². The van der Waals surface area contributed by atoms with Crippen LogP contribution in [0.25, 0.3) is 0 Å². The fourth-order valence-electron chi connectivity index (χ4n) is 2.86. The highest BCUT2D eigenvalue weighted by atomic mass is 35.5. The number of hydrogen-bond donors (Lipinski definition) is 0. The van der Waals surface area contributed by atoms with Crippen molar-refractivity contribution in [1.29, 1.82) is 0 Å². The summed E-state index contributed by atoms with van der Waals surface area (Å²) in [6.45, 7) is 1.49. The Morgan fingerprint density at radius 1 is 1.40 bits per heavy atom. The van der Waals surface area contributed by atoms with Gasteiger partial charge in [0.25, 0.3) is 5.91 Å². The lowest BCUT2D eigenvalue weighted by Crippen LogP contribution is -2.44. The molecule has 3 nitrogen and oxygen atoms in total. The van der Waals surface area contributed by atoms with Gasteiger partial charge in [0.05, 0.1) is 6.61 Å². The molecule has 4 heteroatoms. The van der Waals surface area contributed by atoms with Crippen LogP contribution < -0.4 is 4.74 Å². The number of carbonyl (C=O) groups excluding carboxylic acids is 1. The molecule has 0 saturated heterocycles. The number of benzene rings is 1. The van der Waals surface area contributed by atoms with Gasteiger partial charge in [-0.1, -0.05) is 0 Å². The molecule has 0 unspecified atom stereocenters. The van der Waals surface area contributed by atoms with Crippen molar-refractivity contribution < 1.29 is 9.53 Å².